The van der Waals surface area contributed by atoms with E-state index in [1.165, 1.54) is 5.56 Å². The first-order chi connectivity index (χ1) is 10.5. The number of nitrogens with one attached hydrogen (secondary N) is 1. The molecule has 1 atom stereocenters. The minimum absolute atomic E-state index is 0.0778. The highest BCUT2D eigenvalue weighted by atomic mass is 16.5. The predicted octanol–water partition coefficient (Wildman–Crippen LogP) is 3.04. The Morgan fingerprint density at radius 2 is 2.05 bits per heavy atom. The highest BCUT2D eigenvalue weighted by Crippen LogP contribution is 2.34. The van der Waals surface area contributed by atoms with Gasteiger partial charge in [0.05, 0.1) is 6.61 Å². The fourth-order valence-corrected chi connectivity index (χ4v) is 2.97. The summed E-state index contributed by atoms with van der Waals surface area (Å²) in [6.07, 6.45) is 2.09. The van der Waals surface area contributed by atoms with E-state index >= 15 is 0 Å². The molecule has 1 heterocycles. The van der Waals surface area contributed by atoms with E-state index in [9.17, 15) is 4.79 Å². The summed E-state index contributed by atoms with van der Waals surface area (Å²) in [5.74, 6) is 0.175. The molecule has 1 aliphatic heterocycles. The minimum Gasteiger partial charge on any atom is -0.383 e. The summed E-state index contributed by atoms with van der Waals surface area (Å²) in [6.45, 7) is 10.1. The molecular formula is C18H28N2O2. The molecule has 1 N–H and O–H groups in total. The molecule has 0 radical (unpaired) electrons. The molecule has 22 heavy (non-hydrogen) atoms. The third-order valence-corrected chi connectivity index (χ3v) is 4.42. The van der Waals surface area contributed by atoms with Crippen molar-refractivity contribution in [2.24, 2.45) is 0 Å². The maximum Gasteiger partial charge on any atom is 0.219 e. The molecule has 4 nitrogen and oxygen atoms in total. The molecule has 1 aromatic carbocycles. The minimum atomic E-state index is 0.0778. The van der Waals surface area contributed by atoms with Crippen LogP contribution in [-0.4, -0.2) is 43.7 Å². The molecule has 0 aliphatic carbocycles. The molecule has 4 heteroatoms. The number of benzene rings is 1. The number of hydrogen-bond donors (Lipinski definition) is 1. The van der Waals surface area contributed by atoms with Gasteiger partial charge in [-0.1, -0.05) is 26.0 Å². The van der Waals surface area contributed by atoms with E-state index in [1.54, 1.807) is 6.92 Å². The molecule has 1 aromatic rings. The Balaban J connectivity index is 1.87. The first-order valence-electron chi connectivity index (χ1n) is 8.23. The van der Waals surface area contributed by atoms with Crippen molar-refractivity contribution in [3.8, 4) is 0 Å². The fourth-order valence-electron chi connectivity index (χ4n) is 2.97. The maximum absolute atomic E-state index is 11.5. The van der Waals surface area contributed by atoms with Crippen LogP contribution in [0.2, 0.25) is 0 Å². The monoisotopic (exact) mass is 304 g/mol. The lowest BCUT2D eigenvalue weighted by Gasteiger charge is -2.25. The van der Waals surface area contributed by atoms with E-state index in [-0.39, 0.29) is 11.3 Å². The van der Waals surface area contributed by atoms with Gasteiger partial charge in [0.25, 0.3) is 0 Å². The van der Waals surface area contributed by atoms with Gasteiger partial charge in [-0.05, 0) is 30.5 Å². The standard InChI is InChI=1S/C18H28N2O2/c1-4-12-22-13-10-19-17-7-5-16(6-8-17)18(3)9-11-20(14-18)15(2)21/h5-8,19H,4,9-14H2,1-3H3. The van der Waals surface area contributed by atoms with Gasteiger partial charge in [-0.2, -0.15) is 0 Å². The molecule has 1 amide bonds. The average molecular weight is 304 g/mol. The van der Waals surface area contributed by atoms with Crippen LogP contribution in [0.25, 0.3) is 0 Å². The third-order valence-electron chi connectivity index (χ3n) is 4.42. The number of amides is 1. The molecule has 0 spiro atoms. The van der Waals surface area contributed by atoms with E-state index in [4.69, 9.17) is 4.74 Å². The highest BCUT2D eigenvalue weighted by Gasteiger charge is 2.36. The summed E-state index contributed by atoms with van der Waals surface area (Å²) >= 11 is 0. The van der Waals surface area contributed by atoms with Gasteiger partial charge in [-0.25, -0.2) is 0 Å². The Morgan fingerprint density at radius 1 is 1.32 bits per heavy atom. The van der Waals surface area contributed by atoms with Crippen LogP contribution >= 0.6 is 0 Å². The Labute approximate surface area is 133 Å². The average Bonchev–Trinajstić information content (AvgIpc) is 2.92. The zero-order valence-corrected chi connectivity index (χ0v) is 14.0. The first-order valence-corrected chi connectivity index (χ1v) is 8.23. The van der Waals surface area contributed by atoms with Crippen molar-refractivity contribution in [1.29, 1.82) is 0 Å². The largest absolute Gasteiger partial charge is 0.383 e. The molecule has 2 rings (SSSR count). The van der Waals surface area contributed by atoms with Gasteiger partial charge in [0.1, 0.15) is 0 Å². The Bertz CT molecular complexity index is 486. The van der Waals surface area contributed by atoms with Gasteiger partial charge in [0, 0.05) is 44.3 Å². The van der Waals surface area contributed by atoms with Crippen molar-refractivity contribution in [3.05, 3.63) is 29.8 Å². The Hall–Kier alpha value is -1.55. The summed E-state index contributed by atoms with van der Waals surface area (Å²) in [5, 5.41) is 3.37. The molecular weight excluding hydrogens is 276 g/mol. The molecule has 0 saturated carbocycles. The van der Waals surface area contributed by atoms with Crippen molar-refractivity contribution < 1.29 is 9.53 Å². The molecule has 0 bridgehead atoms. The number of hydrogen-bond acceptors (Lipinski definition) is 3. The van der Waals surface area contributed by atoms with Crippen LogP contribution < -0.4 is 5.32 Å². The van der Waals surface area contributed by atoms with E-state index in [1.807, 2.05) is 4.90 Å². The van der Waals surface area contributed by atoms with Crippen molar-refractivity contribution >= 4 is 11.6 Å². The van der Waals surface area contributed by atoms with Crippen molar-refractivity contribution in [1.82, 2.24) is 4.90 Å². The second-order valence-electron chi connectivity index (χ2n) is 6.37. The van der Waals surface area contributed by atoms with Gasteiger partial charge >= 0.3 is 0 Å². The number of ether oxygens (including phenoxy) is 1. The summed E-state index contributed by atoms with van der Waals surface area (Å²) < 4.78 is 5.46. The Morgan fingerprint density at radius 3 is 2.64 bits per heavy atom. The van der Waals surface area contributed by atoms with Gasteiger partial charge in [-0.3, -0.25) is 4.79 Å². The number of nitrogens with zero attached hydrogens (tertiary/aromatic N) is 1. The van der Waals surface area contributed by atoms with Crippen LogP contribution in [0.5, 0.6) is 0 Å². The van der Waals surface area contributed by atoms with E-state index in [2.05, 4.69) is 43.4 Å². The summed E-state index contributed by atoms with van der Waals surface area (Å²) in [7, 11) is 0. The van der Waals surface area contributed by atoms with Crippen LogP contribution in [0.3, 0.4) is 0 Å². The lowest BCUT2D eigenvalue weighted by Crippen LogP contribution is -2.31. The zero-order valence-electron chi connectivity index (χ0n) is 14.0. The van der Waals surface area contributed by atoms with E-state index in [0.717, 1.165) is 51.4 Å². The van der Waals surface area contributed by atoms with Crippen LogP contribution in [-0.2, 0) is 14.9 Å². The normalized spacial score (nSPS) is 21.1. The predicted molar refractivity (Wildman–Crippen MR) is 90.3 cm³/mol. The van der Waals surface area contributed by atoms with E-state index < -0.39 is 0 Å². The second kappa shape index (κ2) is 7.63. The quantitative estimate of drug-likeness (QED) is 0.787. The Kier molecular flexibility index (Phi) is 5.83. The molecule has 0 aromatic heterocycles. The van der Waals surface area contributed by atoms with Crippen molar-refractivity contribution in [3.63, 3.8) is 0 Å². The van der Waals surface area contributed by atoms with Gasteiger partial charge in [0.2, 0.25) is 5.91 Å². The number of likely N-dealkylation sites (tertiary alicyclic amines) is 1. The van der Waals surface area contributed by atoms with Gasteiger partial charge in [-0.15, -0.1) is 0 Å². The van der Waals surface area contributed by atoms with E-state index in [0.29, 0.717) is 0 Å². The molecule has 122 valence electrons. The number of carbonyl (C=O) groups is 1. The number of rotatable bonds is 7. The van der Waals surface area contributed by atoms with Crippen LogP contribution in [0, 0.1) is 0 Å². The SMILES string of the molecule is CCCOCCNc1ccc(C2(C)CCN(C(C)=O)C2)cc1. The van der Waals surface area contributed by atoms with Crippen LogP contribution in [0.15, 0.2) is 24.3 Å². The van der Waals surface area contributed by atoms with Crippen LogP contribution in [0.4, 0.5) is 5.69 Å². The zero-order chi connectivity index (χ0) is 16.0. The summed E-state index contributed by atoms with van der Waals surface area (Å²) in [5.41, 5.74) is 2.51. The smallest absolute Gasteiger partial charge is 0.219 e. The van der Waals surface area contributed by atoms with Crippen molar-refractivity contribution in [2.45, 2.75) is 39.0 Å². The molecule has 1 aliphatic rings. The molecule has 1 fully saturated rings. The molecule has 1 unspecified atom stereocenters. The third kappa shape index (κ3) is 4.23. The summed E-state index contributed by atoms with van der Waals surface area (Å²) in [6, 6.07) is 8.60. The van der Waals surface area contributed by atoms with Gasteiger partial charge < -0.3 is 15.0 Å². The highest BCUT2D eigenvalue weighted by molar-refractivity contribution is 5.73. The maximum atomic E-state index is 11.5. The van der Waals surface area contributed by atoms with Crippen LogP contribution in [0.1, 0.15) is 39.2 Å². The fraction of sp³-hybridized carbons (Fsp3) is 0.611. The number of anilines is 1. The van der Waals surface area contributed by atoms with Crippen molar-refractivity contribution in [2.75, 3.05) is 38.2 Å². The lowest BCUT2D eigenvalue weighted by molar-refractivity contribution is -0.127. The molecule has 1 saturated heterocycles. The topological polar surface area (TPSA) is 41.6 Å². The second-order valence-corrected chi connectivity index (χ2v) is 6.37. The number of carbonyl (C=O) groups excluding carboxylic acids is 1. The summed E-state index contributed by atoms with van der Waals surface area (Å²) in [4.78, 5) is 13.5. The van der Waals surface area contributed by atoms with Gasteiger partial charge in [0.15, 0.2) is 0 Å². The lowest BCUT2D eigenvalue weighted by atomic mass is 9.82. The first kappa shape index (κ1) is 16.8.